The zero-order valence-electron chi connectivity index (χ0n) is 20.7. The Labute approximate surface area is 203 Å². The van der Waals surface area contributed by atoms with E-state index in [0.717, 1.165) is 77.5 Å². The van der Waals surface area contributed by atoms with Gasteiger partial charge in [-0.05, 0) is 64.2 Å². The second-order valence-corrected chi connectivity index (χ2v) is 11.2. The third-order valence-electron chi connectivity index (χ3n) is 9.16. The largest absolute Gasteiger partial charge is 0.381 e. The topological polar surface area (TPSA) is 110 Å². The highest BCUT2D eigenvalue weighted by atomic mass is 16.5. The lowest BCUT2D eigenvalue weighted by molar-refractivity contribution is -0.968. The van der Waals surface area contributed by atoms with Gasteiger partial charge in [-0.3, -0.25) is 15.3 Å². The molecule has 5 aliphatic rings. The van der Waals surface area contributed by atoms with Crippen LogP contribution in [-0.4, -0.2) is 80.8 Å². The Morgan fingerprint density at radius 3 is 2.76 bits per heavy atom. The Hall–Kier alpha value is -1.26. The van der Waals surface area contributed by atoms with Crippen LogP contribution in [0.4, 0.5) is 0 Å². The minimum Gasteiger partial charge on any atom is -0.381 e. The molecule has 0 aromatic rings. The first-order valence-electron chi connectivity index (χ1n) is 13.6. The van der Waals surface area contributed by atoms with Gasteiger partial charge in [-0.2, -0.15) is 0 Å². The number of amides is 2. The number of nitrogens with one attached hydrogen (secondary N) is 3. The number of piperidine rings is 2. The summed E-state index contributed by atoms with van der Waals surface area (Å²) in [5, 5.41) is 6.94. The van der Waals surface area contributed by atoms with Crippen molar-refractivity contribution in [3.63, 3.8) is 0 Å². The number of rotatable bonds is 6. The molecule has 5 N–H and O–H groups in total. The number of fused-ring (bicyclic) bond motifs is 2. The molecular weight excluding hydrogens is 434 g/mol. The molecule has 192 valence electrons. The van der Waals surface area contributed by atoms with Crippen LogP contribution in [-0.2, 0) is 19.1 Å². The Balaban J connectivity index is 1.31. The molecule has 7 unspecified atom stereocenters. The van der Waals surface area contributed by atoms with Gasteiger partial charge in [-0.25, -0.2) is 5.32 Å². The van der Waals surface area contributed by atoms with Crippen LogP contribution in [0.2, 0.25) is 0 Å². The van der Waals surface area contributed by atoms with E-state index >= 15 is 0 Å². The third kappa shape index (κ3) is 5.00. The van der Waals surface area contributed by atoms with Crippen molar-refractivity contribution in [1.82, 2.24) is 15.5 Å². The van der Waals surface area contributed by atoms with Gasteiger partial charge in [0.1, 0.15) is 11.8 Å². The van der Waals surface area contributed by atoms with E-state index in [1.165, 1.54) is 4.90 Å². The molecule has 2 amide bonds. The second-order valence-electron chi connectivity index (χ2n) is 11.2. The van der Waals surface area contributed by atoms with E-state index < -0.39 is 0 Å². The predicted molar refractivity (Wildman–Crippen MR) is 126 cm³/mol. The summed E-state index contributed by atoms with van der Waals surface area (Å²) in [4.78, 5) is 30.2. The monoisotopic (exact) mass is 478 g/mol. The van der Waals surface area contributed by atoms with Crippen LogP contribution < -0.4 is 21.3 Å². The summed E-state index contributed by atoms with van der Waals surface area (Å²) in [6.07, 6.45) is 10.4. The van der Waals surface area contributed by atoms with Crippen LogP contribution in [0.1, 0.15) is 64.2 Å². The van der Waals surface area contributed by atoms with Crippen molar-refractivity contribution in [2.75, 3.05) is 33.4 Å². The number of hydrogen-bond donors (Lipinski definition) is 4. The molecule has 9 nitrogen and oxygen atoms in total. The molecule has 34 heavy (non-hydrogen) atoms. The van der Waals surface area contributed by atoms with Gasteiger partial charge < -0.3 is 24.6 Å². The minimum atomic E-state index is -0.361. The Morgan fingerprint density at radius 2 is 2.03 bits per heavy atom. The van der Waals surface area contributed by atoms with Crippen LogP contribution in [0.5, 0.6) is 0 Å². The van der Waals surface area contributed by atoms with Crippen molar-refractivity contribution >= 4 is 11.8 Å². The fourth-order valence-corrected chi connectivity index (χ4v) is 7.12. The molecule has 1 aliphatic carbocycles. The Morgan fingerprint density at radius 1 is 1.21 bits per heavy atom. The van der Waals surface area contributed by atoms with E-state index in [0.29, 0.717) is 25.0 Å². The first-order chi connectivity index (χ1) is 16.5. The standard InChI is InChI=1S/C25H43N5O4/c1-33-17-9-7-16(8-10-17)15-30-22(26)19(24(31)27-14-18-5-4-12-34-18)13-20-23(30)28-21-6-2-3-11-29(21)25(20)32/h16-23,28H,2-15,26H2,1H3,(H,27,31)/p+1. The van der Waals surface area contributed by atoms with Crippen LogP contribution in [0.15, 0.2) is 0 Å². The smallest absolute Gasteiger partial charge is 0.234 e. The summed E-state index contributed by atoms with van der Waals surface area (Å²) >= 11 is 0. The number of nitrogens with zero attached hydrogens (tertiary/aromatic N) is 1. The highest BCUT2D eigenvalue weighted by Gasteiger charge is 2.55. The number of likely N-dealkylation sites (tertiary alicyclic amines) is 1. The second kappa shape index (κ2) is 10.8. The molecule has 1 saturated carbocycles. The van der Waals surface area contributed by atoms with E-state index in [1.807, 2.05) is 4.90 Å². The minimum absolute atomic E-state index is 0.00999. The Kier molecular flexibility index (Phi) is 7.75. The zero-order chi connectivity index (χ0) is 23.7. The van der Waals surface area contributed by atoms with Crippen molar-refractivity contribution < 1.29 is 24.0 Å². The van der Waals surface area contributed by atoms with Crippen LogP contribution in [0.25, 0.3) is 0 Å². The van der Waals surface area contributed by atoms with E-state index in [2.05, 4.69) is 10.6 Å². The number of methoxy groups -OCH3 is 1. The molecule has 0 spiro atoms. The third-order valence-corrected chi connectivity index (χ3v) is 9.16. The summed E-state index contributed by atoms with van der Waals surface area (Å²) in [5.74, 6) is 0.189. The summed E-state index contributed by atoms with van der Waals surface area (Å²) in [6, 6.07) is 0. The van der Waals surface area contributed by atoms with Gasteiger partial charge in [0.25, 0.3) is 0 Å². The predicted octanol–water partition coefficient (Wildman–Crippen LogP) is -0.439. The Bertz CT molecular complexity index is 724. The molecule has 4 aliphatic heterocycles. The lowest BCUT2D eigenvalue weighted by atomic mass is 9.79. The molecule has 5 rings (SSSR count). The van der Waals surface area contributed by atoms with Crippen molar-refractivity contribution in [3.8, 4) is 0 Å². The lowest BCUT2D eigenvalue weighted by Crippen LogP contribution is -3.26. The number of nitrogens with two attached hydrogens (primary N) is 1. The lowest BCUT2D eigenvalue weighted by Gasteiger charge is -2.53. The van der Waals surface area contributed by atoms with Crippen LogP contribution >= 0.6 is 0 Å². The summed E-state index contributed by atoms with van der Waals surface area (Å²) in [7, 11) is 1.80. The maximum atomic E-state index is 13.6. The molecular formula is C25H44N5O4+. The number of carbonyl (C=O) groups excluding carboxylic acids is 2. The fourth-order valence-electron chi connectivity index (χ4n) is 7.12. The first-order valence-corrected chi connectivity index (χ1v) is 13.6. The van der Waals surface area contributed by atoms with E-state index in [1.54, 1.807) is 7.11 Å². The molecule has 7 atom stereocenters. The van der Waals surface area contributed by atoms with Crippen molar-refractivity contribution in [2.45, 2.75) is 94.9 Å². The molecule has 0 radical (unpaired) electrons. The summed E-state index contributed by atoms with van der Waals surface area (Å²) in [6.45, 7) is 3.03. The number of carbonyl (C=O) groups is 2. The first kappa shape index (κ1) is 24.4. The van der Waals surface area contributed by atoms with Gasteiger partial charge in [0.15, 0.2) is 12.3 Å². The van der Waals surface area contributed by atoms with Gasteiger partial charge in [-0.1, -0.05) is 0 Å². The molecule has 0 aromatic heterocycles. The van der Waals surface area contributed by atoms with Gasteiger partial charge in [0, 0.05) is 32.7 Å². The quantitative estimate of drug-likeness (QED) is 0.412. The molecule has 5 fully saturated rings. The molecule has 9 heteroatoms. The fraction of sp³-hybridized carbons (Fsp3) is 0.920. The maximum absolute atomic E-state index is 13.6. The summed E-state index contributed by atoms with van der Waals surface area (Å²) in [5.41, 5.74) is 6.88. The highest BCUT2D eigenvalue weighted by Crippen LogP contribution is 2.31. The van der Waals surface area contributed by atoms with Crippen molar-refractivity contribution in [3.05, 3.63) is 0 Å². The van der Waals surface area contributed by atoms with Crippen molar-refractivity contribution in [2.24, 2.45) is 23.5 Å². The van der Waals surface area contributed by atoms with Gasteiger partial charge in [0.2, 0.25) is 11.8 Å². The molecule has 0 aromatic carbocycles. The van der Waals surface area contributed by atoms with Gasteiger partial charge >= 0.3 is 0 Å². The summed E-state index contributed by atoms with van der Waals surface area (Å²) < 4.78 is 11.3. The number of quaternary nitrogens is 1. The van der Waals surface area contributed by atoms with E-state index in [4.69, 9.17) is 15.2 Å². The van der Waals surface area contributed by atoms with Crippen LogP contribution in [0.3, 0.4) is 0 Å². The number of ether oxygens (including phenoxy) is 2. The van der Waals surface area contributed by atoms with Crippen LogP contribution in [0, 0.1) is 17.8 Å². The molecule has 4 saturated heterocycles. The number of hydrogen-bond acceptors (Lipinski definition) is 6. The van der Waals surface area contributed by atoms with E-state index in [9.17, 15) is 9.59 Å². The average Bonchev–Trinajstić information content (AvgIpc) is 3.39. The zero-order valence-corrected chi connectivity index (χ0v) is 20.7. The van der Waals surface area contributed by atoms with Gasteiger partial charge in [-0.15, -0.1) is 0 Å². The maximum Gasteiger partial charge on any atom is 0.234 e. The SMILES string of the molecule is COC1CCC(C[NH+]2C(N)C(C(=O)NCC3CCCO3)CC3C(=O)N4CCCCC4NC32)CC1. The average molecular weight is 479 g/mol. The molecule has 4 heterocycles. The van der Waals surface area contributed by atoms with Crippen molar-refractivity contribution in [1.29, 1.82) is 0 Å². The van der Waals surface area contributed by atoms with E-state index in [-0.39, 0.29) is 48.3 Å². The molecule has 0 bridgehead atoms. The normalized spacial score (nSPS) is 42.7. The highest BCUT2D eigenvalue weighted by molar-refractivity contribution is 5.83. The van der Waals surface area contributed by atoms with Gasteiger partial charge in [0.05, 0.1) is 24.9 Å².